The molecule has 0 aliphatic carbocycles. The highest BCUT2D eigenvalue weighted by Crippen LogP contribution is 2.20. The smallest absolute Gasteiger partial charge is 0.271 e. The Hall–Kier alpha value is -2.40. The van der Waals surface area contributed by atoms with Crippen LogP contribution < -0.4 is 5.43 Å². The Bertz CT molecular complexity index is 615. The third kappa shape index (κ3) is 3.53. The van der Waals surface area contributed by atoms with Gasteiger partial charge in [0.05, 0.1) is 6.21 Å². The summed E-state index contributed by atoms with van der Waals surface area (Å²) in [7, 11) is 0. The van der Waals surface area contributed by atoms with E-state index in [2.05, 4.69) is 15.5 Å². The summed E-state index contributed by atoms with van der Waals surface area (Å²) in [6, 6.07) is 7.76. The molecule has 19 heavy (non-hydrogen) atoms. The molecule has 0 saturated heterocycles. The highest BCUT2D eigenvalue weighted by Gasteiger charge is 2.03. The van der Waals surface area contributed by atoms with Gasteiger partial charge in [0.1, 0.15) is 5.75 Å². The average Bonchev–Trinajstić information content (AvgIpc) is 2.42. The van der Waals surface area contributed by atoms with Gasteiger partial charge >= 0.3 is 0 Å². The number of pyridine rings is 1. The summed E-state index contributed by atoms with van der Waals surface area (Å²) in [5, 5.41) is 13.8. The molecule has 1 heterocycles. The summed E-state index contributed by atoms with van der Waals surface area (Å²) in [6.45, 7) is 0. The number of carbonyl (C=O) groups is 1. The minimum absolute atomic E-state index is 0.00518. The molecule has 1 aromatic carbocycles. The first-order valence-corrected chi connectivity index (χ1v) is 5.76. The fourth-order valence-corrected chi connectivity index (χ4v) is 1.52. The first-order valence-electron chi connectivity index (χ1n) is 5.39. The summed E-state index contributed by atoms with van der Waals surface area (Å²) in [4.78, 5) is 15.4. The monoisotopic (exact) mass is 275 g/mol. The fourth-order valence-electron chi connectivity index (χ4n) is 1.35. The van der Waals surface area contributed by atoms with Gasteiger partial charge in [-0.15, -0.1) is 0 Å². The van der Waals surface area contributed by atoms with Crippen LogP contribution in [0.5, 0.6) is 5.75 Å². The van der Waals surface area contributed by atoms with Gasteiger partial charge in [0.15, 0.2) is 0 Å². The SMILES string of the molecule is O=C(N/N=C/c1ccc(Cl)cc1O)c1ccncc1. The Morgan fingerprint density at radius 3 is 2.74 bits per heavy atom. The van der Waals surface area contributed by atoms with E-state index in [1.807, 2.05) is 0 Å². The Balaban J connectivity index is 2.02. The number of halogens is 1. The first kappa shape index (κ1) is 13.0. The molecular weight excluding hydrogens is 266 g/mol. The maximum Gasteiger partial charge on any atom is 0.271 e. The van der Waals surface area contributed by atoms with Crippen molar-refractivity contribution in [3.05, 3.63) is 58.9 Å². The van der Waals surface area contributed by atoms with Gasteiger partial charge in [0.2, 0.25) is 0 Å². The number of hydrazone groups is 1. The quantitative estimate of drug-likeness (QED) is 0.666. The van der Waals surface area contributed by atoms with E-state index in [-0.39, 0.29) is 11.7 Å². The van der Waals surface area contributed by atoms with E-state index >= 15 is 0 Å². The summed E-state index contributed by atoms with van der Waals surface area (Å²) in [5.41, 5.74) is 3.26. The number of amides is 1. The second kappa shape index (κ2) is 5.97. The van der Waals surface area contributed by atoms with Crippen molar-refractivity contribution in [1.82, 2.24) is 10.4 Å². The standard InChI is InChI=1S/C13H10ClN3O2/c14-11-2-1-10(12(18)7-11)8-16-17-13(19)9-3-5-15-6-4-9/h1-8,18H,(H,17,19)/b16-8+. The molecular formula is C13H10ClN3O2. The highest BCUT2D eigenvalue weighted by molar-refractivity contribution is 6.30. The molecule has 0 unspecified atom stereocenters. The van der Waals surface area contributed by atoms with E-state index < -0.39 is 0 Å². The van der Waals surface area contributed by atoms with E-state index in [0.717, 1.165) is 0 Å². The van der Waals surface area contributed by atoms with E-state index in [9.17, 15) is 9.90 Å². The van der Waals surface area contributed by atoms with E-state index in [1.165, 1.54) is 24.7 Å². The lowest BCUT2D eigenvalue weighted by atomic mass is 10.2. The lowest BCUT2D eigenvalue weighted by Crippen LogP contribution is -2.17. The molecule has 0 saturated carbocycles. The van der Waals surface area contributed by atoms with Gasteiger partial charge in [-0.2, -0.15) is 5.10 Å². The van der Waals surface area contributed by atoms with Crippen LogP contribution in [0.25, 0.3) is 0 Å². The van der Waals surface area contributed by atoms with Gasteiger partial charge < -0.3 is 5.11 Å². The Kier molecular flexibility index (Phi) is 4.10. The molecule has 0 aliphatic rings. The zero-order chi connectivity index (χ0) is 13.7. The van der Waals surface area contributed by atoms with Gasteiger partial charge in [0, 0.05) is 28.5 Å². The molecule has 2 N–H and O–H groups in total. The van der Waals surface area contributed by atoms with Gasteiger partial charge in [-0.3, -0.25) is 9.78 Å². The molecule has 1 aromatic heterocycles. The number of nitrogens with zero attached hydrogens (tertiary/aromatic N) is 2. The van der Waals surface area contributed by atoms with Crippen LogP contribution in [0.3, 0.4) is 0 Å². The number of hydrogen-bond donors (Lipinski definition) is 2. The number of phenolic OH excluding ortho intramolecular Hbond substituents is 1. The maximum atomic E-state index is 11.6. The van der Waals surface area contributed by atoms with Gasteiger partial charge in [0.25, 0.3) is 5.91 Å². The minimum Gasteiger partial charge on any atom is -0.507 e. The summed E-state index contributed by atoms with van der Waals surface area (Å²) in [5.74, 6) is -0.360. The van der Waals surface area contributed by atoms with E-state index in [4.69, 9.17) is 11.6 Å². The van der Waals surface area contributed by atoms with Crippen LogP contribution in [-0.4, -0.2) is 22.2 Å². The predicted molar refractivity (Wildman–Crippen MR) is 72.4 cm³/mol. The van der Waals surface area contributed by atoms with Crippen molar-refractivity contribution in [2.75, 3.05) is 0 Å². The van der Waals surface area contributed by atoms with Crippen molar-refractivity contribution in [2.24, 2.45) is 5.10 Å². The number of aromatic nitrogens is 1. The third-order valence-corrected chi connectivity index (χ3v) is 2.54. The molecule has 0 aliphatic heterocycles. The number of phenols is 1. The summed E-state index contributed by atoms with van der Waals surface area (Å²) in [6.07, 6.45) is 4.37. The fraction of sp³-hybridized carbons (Fsp3) is 0. The van der Waals surface area contributed by atoms with Crippen LogP contribution in [0.1, 0.15) is 15.9 Å². The largest absolute Gasteiger partial charge is 0.507 e. The van der Waals surface area contributed by atoms with E-state index in [1.54, 1.807) is 24.3 Å². The number of hydrogen-bond acceptors (Lipinski definition) is 4. The molecule has 6 heteroatoms. The number of benzene rings is 1. The Labute approximate surface area is 114 Å². The highest BCUT2D eigenvalue weighted by atomic mass is 35.5. The van der Waals surface area contributed by atoms with Crippen LogP contribution in [0, 0.1) is 0 Å². The molecule has 2 aromatic rings. The first-order chi connectivity index (χ1) is 9.16. The molecule has 0 fully saturated rings. The van der Waals surface area contributed by atoms with Crippen molar-refractivity contribution >= 4 is 23.7 Å². The number of aromatic hydroxyl groups is 1. The molecule has 0 radical (unpaired) electrons. The second-order valence-electron chi connectivity index (χ2n) is 3.64. The Morgan fingerprint density at radius 1 is 1.32 bits per heavy atom. The van der Waals surface area contributed by atoms with Crippen molar-refractivity contribution in [3.63, 3.8) is 0 Å². The maximum absolute atomic E-state index is 11.6. The Morgan fingerprint density at radius 2 is 2.05 bits per heavy atom. The predicted octanol–water partition coefficient (Wildman–Crippen LogP) is 2.20. The molecule has 2 rings (SSSR count). The summed E-state index contributed by atoms with van der Waals surface area (Å²) >= 11 is 5.70. The zero-order valence-corrected chi connectivity index (χ0v) is 10.5. The van der Waals surface area contributed by atoms with Crippen molar-refractivity contribution < 1.29 is 9.90 Å². The van der Waals surface area contributed by atoms with Crippen molar-refractivity contribution in [2.45, 2.75) is 0 Å². The molecule has 1 amide bonds. The van der Waals surface area contributed by atoms with Crippen LogP contribution in [0.2, 0.25) is 5.02 Å². The third-order valence-electron chi connectivity index (χ3n) is 2.30. The lowest BCUT2D eigenvalue weighted by Gasteiger charge is -2.00. The van der Waals surface area contributed by atoms with Crippen molar-refractivity contribution in [3.8, 4) is 5.75 Å². The number of rotatable bonds is 3. The van der Waals surface area contributed by atoms with Crippen LogP contribution >= 0.6 is 11.6 Å². The minimum atomic E-state index is -0.355. The molecule has 5 nitrogen and oxygen atoms in total. The van der Waals surface area contributed by atoms with Gasteiger partial charge in [-0.1, -0.05) is 11.6 Å². The second-order valence-corrected chi connectivity index (χ2v) is 4.07. The van der Waals surface area contributed by atoms with Gasteiger partial charge in [-0.25, -0.2) is 5.43 Å². The number of nitrogens with one attached hydrogen (secondary N) is 1. The molecule has 0 bridgehead atoms. The van der Waals surface area contributed by atoms with E-state index in [0.29, 0.717) is 16.1 Å². The molecule has 0 spiro atoms. The van der Waals surface area contributed by atoms with Gasteiger partial charge in [-0.05, 0) is 30.3 Å². The number of carbonyl (C=O) groups excluding carboxylic acids is 1. The molecule has 0 atom stereocenters. The van der Waals surface area contributed by atoms with Crippen LogP contribution in [0.4, 0.5) is 0 Å². The topological polar surface area (TPSA) is 74.6 Å². The van der Waals surface area contributed by atoms with Crippen molar-refractivity contribution in [1.29, 1.82) is 0 Å². The lowest BCUT2D eigenvalue weighted by molar-refractivity contribution is 0.0955. The van der Waals surface area contributed by atoms with Crippen LogP contribution in [0.15, 0.2) is 47.8 Å². The van der Waals surface area contributed by atoms with Crippen LogP contribution in [-0.2, 0) is 0 Å². The zero-order valence-electron chi connectivity index (χ0n) is 9.75. The average molecular weight is 276 g/mol. The molecule has 96 valence electrons. The summed E-state index contributed by atoms with van der Waals surface area (Å²) < 4.78 is 0. The normalized spacial score (nSPS) is 10.6.